The van der Waals surface area contributed by atoms with Gasteiger partial charge in [-0.25, -0.2) is 4.39 Å². The molecule has 1 aromatic carbocycles. The summed E-state index contributed by atoms with van der Waals surface area (Å²) in [6.45, 7) is 2.33. The van der Waals surface area contributed by atoms with Crippen molar-refractivity contribution in [2.24, 2.45) is 0 Å². The fourth-order valence-electron chi connectivity index (χ4n) is 3.19. The zero-order chi connectivity index (χ0) is 18.2. The molecule has 1 aliphatic rings. The van der Waals surface area contributed by atoms with E-state index in [2.05, 4.69) is 4.98 Å². The van der Waals surface area contributed by atoms with Crippen LogP contribution in [0.5, 0.6) is 0 Å². The average Bonchev–Trinajstić information content (AvgIpc) is 2.73. The third-order valence-electron chi connectivity index (χ3n) is 4.38. The van der Waals surface area contributed by atoms with Crippen LogP contribution in [0.3, 0.4) is 0 Å². The van der Waals surface area contributed by atoms with Gasteiger partial charge in [-0.15, -0.1) is 0 Å². The highest BCUT2D eigenvalue weighted by Crippen LogP contribution is 2.32. The van der Waals surface area contributed by atoms with Gasteiger partial charge in [-0.2, -0.15) is 13.2 Å². The van der Waals surface area contributed by atoms with Gasteiger partial charge >= 0.3 is 6.18 Å². The molecule has 2 heterocycles. The first-order valence-corrected chi connectivity index (χ1v) is 7.87. The van der Waals surface area contributed by atoms with Crippen molar-refractivity contribution in [1.82, 2.24) is 9.88 Å². The van der Waals surface area contributed by atoms with E-state index in [1.807, 2.05) is 6.92 Å². The number of aromatic nitrogens is 1. The van der Waals surface area contributed by atoms with Crippen molar-refractivity contribution < 1.29 is 22.4 Å². The van der Waals surface area contributed by atoms with Crippen molar-refractivity contribution in [3.05, 3.63) is 64.7 Å². The van der Waals surface area contributed by atoms with Crippen LogP contribution in [0.1, 0.15) is 40.0 Å². The first-order chi connectivity index (χ1) is 11.8. The van der Waals surface area contributed by atoms with Crippen LogP contribution in [0, 0.1) is 5.82 Å². The number of amides is 1. The summed E-state index contributed by atoms with van der Waals surface area (Å²) in [6, 6.07) is 6.90. The van der Waals surface area contributed by atoms with Crippen molar-refractivity contribution in [3.63, 3.8) is 0 Å². The predicted molar refractivity (Wildman–Crippen MR) is 83.7 cm³/mol. The molecule has 3 nitrogen and oxygen atoms in total. The van der Waals surface area contributed by atoms with E-state index in [4.69, 9.17) is 0 Å². The van der Waals surface area contributed by atoms with Crippen molar-refractivity contribution in [1.29, 1.82) is 0 Å². The van der Waals surface area contributed by atoms with Gasteiger partial charge in [-0.3, -0.25) is 9.78 Å². The van der Waals surface area contributed by atoms with E-state index in [0.29, 0.717) is 6.42 Å². The van der Waals surface area contributed by atoms with Crippen LogP contribution in [0.15, 0.2) is 36.5 Å². The minimum atomic E-state index is -4.70. The van der Waals surface area contributed by atoms with E-state index in [1.165, 1.54) is 23.1 Å². The first-order valence-electron chi connectivity index (χ1n) is 7.87. The molecule has 0 saturated carbocycles. The zero-order valence-corrected chi connectivity index (χ0v) is 13.5. The number of halogens is 4. The number of nitrogens with zero attached hydrogens (tertiary/aromatic N) is 2. The number of fused-ring (bicyclic) bond motifs is 1. The Balaban J connectivity index is 1.91. The molecule has 1 amide bonds. The summed E-state index contributed by atoms with van der Waals surface area (Å²) in [7, 11) is 0. The van der Waals surface area contributed by atoms with Crippen LogP contribution >= 0.6 is 0 Å². The maximum absolute atomic E-state index is 13.5. The lowest BCUT2D eigenvalue weighted by molar-refractivity contribution is -0.141. The lowest BCUT2D eigenvalue weighted by Gasteiger charge is -2.24. The Bertz CT molecular complexity index is 804. The van der Waals surface area contributed by atoms with E-state index in [-0.39, 0.29) is 24.8 Å². The number of carbonyl (C=O) groups excluding carboxylic acids is 1. The van der Waals surface area contributed by atoms with E-state index in [1.54, 1.807) is 6.07 Å². The van der Waals surface area contributed by atoms with Gasteiger partial charge in [-0.05, 0) is 47.7 Å². The summed E-state index contributed by atoms with van der Waals surface area (Å²) in [5.41, 5.74) is 0.0590. The zero-order valence-electron chi connectivity index (χ0n) is 13.5. The SMILES string of the molecule is CC1CN(C(=O)c2cccnc2C(F)(F)F)CCc2ccc(F)cc21. The van der Waals surface area contributed by atoms with Gasteiger partial charge in [0.25, 0.3) is 5.91 Å². The Hall–Kier alpha value is -2.44. The third kappa shape index (κ3) is 3.50. The number of rotatable bonds is 1. The highest BCUT2D eigenvalue weighted by Gasteiger charge is 2.38. The summed E-state index contributed by atoms with van der Waals surface area (Å²) in [4.78, 5) is 17.4. The molecular formula is C18H16F4N2O. The number of benzene rings is 1. The highest BCUT2D eigenvalue weighted by atomic mass is 19.4. The van der Waals surface area contributed by atoms with Gasteiger partial charge in [0, 0.05) is 19.3 Å². The summed E-state index contributed by atoms with van der Waals surface area (Å²) < 4.78 is 52.8. The molecule has 0 aliphatic carbocycles. The molecule has 1 aromatic heterocycles. The first kappa shape index (κ1) is 17.4. The molecule has 1 atom stereocenters. The van der Waals surface area contributed by atoms with Gasteiger partial charge in [0.1, 0.15) is 5.82 Å². The third-order valence-corrected chi connectivity index (χ3v) is 4.38. The lowest BCUT2D eigenvalue weighted by Crippen LogP contribution is -2.35. The predicted octanol–water partition coefficient (Wildman–Crippen LogP) is 4.04. The minimum Gasteiger partial charge on any atom is -0.338 e. The standard InChI is InChI=1S/C18H16F4N2O/c1-11-10-24(8-6-12-4-5-13(19)9-15(11)12)17(25)14-3-2-7-23-16(14)18(20,21)22/h2-5,7,9,11H,6,8,10H2,1H3. The second-order valence-electron chi connectivity index (χ2n) is 6.14. The topological polar surface area (TPSA) is 33.2 Å². The van der Waals surface area contributed by atoms with Crippen molar-refractivity contribution in [2.45, 2.75) is 25.4 Å². The molecule has 3 rings (SSSR count). The van der Waals surface area contributed by atoms with Crippen LogP contribution in [-0.4, -0.2) is 28.9 Å². The Labute approximate surface area is 142 Å². The fourth-order valence-corrected chi connectivity index (χ4v) is 3.19. The van der Waals surface area contributed by atoms with Gasteiger partial charge in [0.05, 0.1) is 5.56 Å². The molecule has 2 aromatic rings. The van der Waals surface area contributed by atoms with Gasteiger partial charge in [-0.1, -0.05) is 13.0 Å². The van der Waals surface area contributed by atoms with Crippen molar-refractivity contribution >= 4 is 5.91 Å². The highest BCUT2D eigenvalue weighted by molar-refractivity contribution is 5.95. The number of hydrogen-bond donors (Lipinski definition) is 0. The smallest absolute Gasteiger partial charge is 0.338 e. The summed E-state index contributed by atoms with van der Waals surface area (Å²) in [5, 5.41) is 0. The number of carbonyl (C=O) groups is 1. The van der Waals surface area contributed by atoms with Gasteiger partial charge < -0.3 is 4.90 Å². The van der Waals surface area contributed by atoms with E-state index < -0.39 is 23.3 Å². The molecule has 1 aliphatic heterocycles. The number of hydrogen-bond acceptors (Lipinski definition) is 2. The van der Waals surface area contributed by atoms with Crippen LogP contribution < -0.4 is 0 Å². The van der Waals surface area contributed by atoms with Crippen LogP contribution in [-0.2, 0) is 12.6 Å². The Morgan fingerprint density at radius 2 is 2.04 bits per heavy atom. The molecular weight excluding hydrogens is 336 g/mol. The van der Waals surface area contributed by atoms with Crippen molar-refractivity contribution in [3.8, 4) is 0 Å². The molecule has 0 spiro atoms. The van der Waals surface area contributed by atoms with E-state index >= 15 is 0 Å². The molecule has 0 N–H and O–H groups in total. The van der Waals surface area contributed by atoms with Crippen LogP contribution in [0.4, 0.5) is 17.6 Å². The molecule has 0 fully saturated rings. The normalized spacial score (nSPS) is 17.8. The van der Waals surface area contributed by atoms with Crippen LogP contribution in [0.2, 0.25) is 0 Å². The number of alkyl halides is 3. The van der Waals surface area contributed by atoms with Gasteiger partial charge in [0.2, 0.25) is 0 Å². The molecule has 0 bridgehead atoms. The Kier molecular flexibility index (Phi) is 4.49. The molecule has 7 heteroatoms. The Morgan fingerprint density at radius 3 is 2.76 bits per heavy atom. The molecule has 25 heavy (non-hydrogen) atoms. The summed E-state index contributed by atoms with van der Waals surface area (Å²) >= 11 is 0. The lowest BCUT2D eigenvalue weighted by atomic mass is 9.95. The largest absolute Gasteiger partial charge is 0.434 e. The second kappa shape index (κ2) is 6.46. The molecule has 0 radical (unpaired) electrons. The van der Waals surface area contributed by atoms with E-state index in [0.717, 1.165) is 23.4 Å². The molecule has 132 valence electrons. The van der Waals surface area contributed by atoms with E-state index in [9.17, 15) is 22.4 Å². The Morgan fingerprint density at radius 1 is 1.28 bits per heavy atom. The number of pyridine rings is 1. The monoisotopic (exact) mass is 352 g/mol. The summed E-state index contributed by atoms with van der Waals surface area (Å²) in [5.74, 6) is -1.25. The summed E-state index contributed by atoms with van der Waals surface area (Å²) in [6.07, 6.45) is -3.22. The van der Waals surface area contributed by atoms with Gasteiger partial charge in [0.15, 0.2) is 5.69 Å². The van der Waals surface area contributed by atoms with Crippen molar-refractivity contribution in [2.75, 3.05) is 13.1 Å². The maximum atomic E-state index is 13.5. The van der Waals surface area contributed by atoms with Crippen LogP contribution in [0.25, 0.3) is 0 Å². The minimum absolute atomic E-state index is 0.178. The quantitative estimate of drug-likeness (QED) is 0.726. The maximum Gasteiger partial charge on any atom is 0.434 e. The molecule has 1 unspecified atom stereocenters. The fraction of sp³-hybridized carbons (Fsp3) is 0.333. The average molecular weight is 352 g/mol. The second-order valence-corrected chi connectivity index (χ2v) is 6.14. The molecule has 0 saturated heterocycles.